The van der Waals surface area contributed by atoms with Gasteiger partial charge in [0, 0.05) is 32.7 Å². The van der Waals surface area contributed by atoms with Crippen LogP contribution >= 0.6 is 0 Å². The first-order valence-electron chi connectivity index (χ1n) is 18.9. The summed E-state index contributed by atoms with van der Waals surface area (Å²) in [4.78, 5) is 0. The second kappa shape index (κ2) is 16.8. The monoisotopic (exact) mass is 748 g/mol. The van der Waals surface area contributed by atoms with E-state index in [0.29, 0.717) is 12.1 Å². The molecule has 6 aromatic carbocycles. The second-order valence-corrected chi connectivity index (χ2v) is 13.2. The zero-order valence-corrected chi connectivity index (χ0v) is 33.3. The van der Waals surface area contributed by atoms with E-state index in [9.17, 15) is 0 Å². The summed E-state index contributed by atoms with van der Waals surface area (Å²) in [6.45, 7) is 4.00. The third-order valence-electron chi connectivity index (χ3n) is 10.1. The van der Waals surface area contributed by atoms with Gasteiger partial charge < -0.3 is 7.43 Å². The summed E-state index contributed by atoms with van der Waals surface area (Å²) >= 11 is 0. The van der Waals surface area contributed by atoms with Crippen molar-refractivity contribution in [3.63, 3.8) is 0 Å². The normalized spacial score (nSPS) is 14.3. The van der Waals surface area contributed by atoms with Crippen molar-refractivity contribution in [3.05, 3.63) is 220 Å². The molecule has 0 spiro atoms. The molecule has 4 aliphatic rings. The van der Waals surface area contributed by atoms with Crippen molar-refractivity contribution < 1.29 is 35.5 Å². The van der Waals surface area contributed by atoms with E-state index in [0.717, 1.165) is 25.7 Å². The molecule has 0 unspecified atom stereocenters. The van der Waals surface area contributed by atoms with Crippen molar-refractivity contribution in [2.24, 2.45) is 0 Å². The maximum Gasteiger partial charge on any atom is 0.0623 e. The zero-order chi connectivity index (χ0) is 35.6. The van der Waals surface area contributed by atoms with E-state index in [2.05, 4.69) is 133 Å². The van der Waals surface area contributed by atoms with Gasteiger partial charge in [-0.25, -0.2) is 0 Å². The quantitative estimate of drug-likeness (QED) is 0.158. The van der Waals surface area contributed by atoms with Crippen LogP contribution in [-0.2, 0) is 58.4 Å². The SMILES string of the molecule is CC.[2H]c1cc(C2=Cc3ccccc3C2)cc(C2=Cc3ccccc3C2)c1.[2H]c1cc(C2=Cc3ccccc3C2)cc(C2=Cc3ccccc3C2)c1.[CH3-].[Y]. The fourth-order valence-electron chi connectivity index (χ4n) is 7.55. The molecule has 1 radical (unpaired) electrons. The van der Waals surface area contributed by atoms with Crippen LogP contribution in [0.1, 0.15) is 83.4 Å². The van der Waals surface area contributed by atoms with Crippen LogP contribution < -0.4 is 0 Å². The molecule has 10 rings (SSSR count). The average Bonchev–Trinajstić information content (AvgIpc) is 3.99. The van der Waals surface area contributed by atoms with Gasteiger partial charge in [-0.05, 0) is 127 Å². The van der Waals surface area contributed by atoms with E-state index in [1.165, 1.54) is 89.1 Å². The van der Waals surface area contributed by atoms with Crippen LogP contribution in [0, 0.1) is 7.43 Å². The van der Waals surface area contributed by atoms with E-state index >= 15 is 0 Å². The van der Waals surface area contributed by atoms with E-state index in [1.807, 2.05) is 38.1 Å². The first-order chi connectivity index (χ1) is 25.5. The maximum atomic E-state index is 8.27. The van der Waals surface area contributed by atoms with Crippen molar-refractivity contribution in [2.45, 2.75) is 39.5 Å². The van der Waals surface area contributed by atoms with Gasteiger partial charge in [0.2, 0.25) is 0 Å². The van der Waals surface area contributed by atoms with Gasteiger partial charge in [-0.3, -0.25) is 0 Å². The van der Waals surface area contributed by atoms with Gasteiger partial charge in [-0.1, -0.05) is 172 Å². The maximum absolute atomic E-state index is 8.27. The largest absolute Gasteiger partial charge is 0.358 e. The average molecular weight is 749 g/mol. The Bertz CT molecular complexity index is 2120. The molecule has 1 heteroatoms. The molecule has 52 heavy (non-hydrogen) atoms. The summed E-state index contributed by atoms with van der Waals surface area (Å²) in [5.41, 5.74) is 20.7. The zero-order valence-electron chi connectivity index (χ0n) is 32.4. The molecule has 0 heterocycles. The van der Waals surface area contributed by atoms with Gasteiger partial charge >= 0.3 is 0 Å². The molecule has 0 N–H and O–H groups in total. The third-order valence-corrected chi connectivity index (χ3v) is 10.1. The summed E-state index contributed by atoms with van der Waals surface area (Å²) in [6.07, 6.45) is 12.9. The minimum atomic E-state index is 0. The molecule has 253 valence electrons. The molecule has 4 aliphatic carbocycles. The predicted octanol–water partition coefficient (Wildman–Crippen LogP) is 13.2. The van der Waals surface area contributed by atoms with Crippen LogP contribution in [-0.4, -0.2) is 0 Å². The Hall–Kier alpha value is -4.62. The second-order valence-electron chi connectivity index (χ2n) is 13.2. The van der Waals surface area contributed by atoms with Gasteiger partial charge in [0.25, 0.3) is 0 Å². The summed E-state index contributed by atoms with van der Waals surface area (Å²) < 4.78 is 16.5. The fraction of sp³-hybridized carbons (Fsp3) is 0.118. The Kier molecular flexibility index (Phi) is 11.1. The minimum Gasteiger partial charge on any atom is -0.358 e. The number of allylic oxidation sites excluding steroid dienone is 4. The van der Waals surface area contributed by atoms with Gasteiger partial charge in [0.05, 0.1) is 2.74 Å². The molecule has 6 aromatic rings. The summed E-state index contributed by atoms with van der Waals surface area (Å²) in [6, 6.07) is 47.9. The molecule has 0 aliphatic heterocycles. The van der Waals surface area contributed by atoms with Crippen molar-refractivity contribution >= 4 is 46.6 Å². The summed E-state index contributed by atoms with van der Waals surface area (Å²) in [7, 11) is 0. The Morgan fingerprint density at radius 1 is 0.365 bits per heavy atom. The van der Waals surface area contributed by atoms with Crippen molar-refractivity contribution in [1.29, 1.82) is 0 Å². The molecule has 0 fully saturated rings. The van der Waals surface area contributed by atoms with Gasteiger partial charge in [0.15, 0.2) is 0 Å². The van der Waals surface area contributed by atoms with E-state index in [1.54, 1.807) is 0 Å². The van der Waals surface area contributed by atoms with Crippen LogP contribution in [0.15, 0.2) is 146 Å². The summed E-state index contributed by atoms with van der Waals surface area (Å²) in [5, 5.41) is 0. The van der Waals surface area contributed by atoms with E-state index in [-0.39, 0.29) is 40.1 Å². The van der Waals surface area contributed by atoms with Crippen molar-refractivity contribution in [2.75, 3.05) is 0 Å². The van der Waals surface area contributed by atoms with Gasteiger partial charge in [-0.2, -0.15) is 0 Å². The van der Waals surface area contributed by atoms with Crippen molar-refractivity contribution in [3.8, 4) is 0 Å². The third kappa shape index (κ3) is 7.75. The molecular weight excluding hydrogens is 701 g/mol. The van der Waals surface area contributed by atoms with Crippen LogP contribution in [0.4, 0.5) is 0 Å². The van der Waals surface area contributed by atoms with E-state index in [4.69, 9.17) is 2.74 Å². The first kappa shape index (κ1) is 34.5. The van der Waals surface area contributed by atoms with Crippen LogP contribution in [0.25, 0.3) is 46.6 Å². The standard InChI is InChI=1S/2C24H18.C2H6.CH3.Y/c2*1-2-7-18-14-23(13-17(18)6-1)21-10-5-11-22(12-21)24-15-19-8-3-4-9-20(19)16-24;1-2;;/h2*1-13,15H,14,16H2;1-2H3;1H3;/q;;;-1;/i2*5D;;;. The molecule has 0 saturated heterocycles. The van der Waals surface area contributed by atoms with Gasteiger partial charge in [-0.15, -0.1) is 0 Å². The minimum absolute atomic E-state index is 0. The molecule has 0 atom stereocenters. The Labute approximate surface area is 339 Å². The van der Waals surface area contributed by atoms with Crippen LogP contribution in [0.3, 0.4) is 0 Å². The van der Waals surface area contributed by atoms with Crippen molar-refractivity contribution in [1.82, 2.24) is 0 Å². The Morgan fingerprint density at radius 3 is 0.827 bits per heavy atom. The smallest absolute Gasteiger partial charge is 0.0623 e. The number of benzene rings is 6. The number of rotatable bonds is 4. The van der Waals surface area contributed by atoms with Crippen LogP contribution in [0.5, 0.6) is 0 Å². The molecular formula is C51H45Y-. The molecule has 0 bridgehead atoms. The number of hydrogen-bond donors (Lipinski definition) is 0. The molecule has 0 saturated carbocycles. The fourth-order valence-corrected chi connectivity index (χ4v) is 7.55. The summed E-state index contributed by atoms with van der Waals surface area (Å²) in [5.74, 6) is 0. The van der Waals surface area contributed by atoms with Crippen LogP contribution in [0.2, 0.25) is 0 Å². The predicted molar refractivity (Wildman–Crippen MR) is 223 cm³/mol. The molecule has 0 aromatic heterocycles. The topological polar surface area (TPSA) is 0 Å². The Morgan fingerprint density at radius 2 is 0.596 bits per heavy atom. The molecule has 0 amide bonds. The Balaban J connectivity index is 0.000000170. The first-order valence-corrected chi connectivity index (χ1v) is 17.9. The number of hydrogen-bond acceptors (Lipinski definition) is 0. The molecule has 0 nitrogen and oxygen atoms in total. The van der Waals surface area contributed by atoms with Gasteiger partial charge in [0.1, 0.15) is 0 Å². The number of fused-ring (bicyclic) bond motifs is 4. The van der Waals surface area contributed by atoms with E-state index < -0.39 is 0 Å².